The molecule has 0 fully saturated rings. The van der Waals surface area contributed by atoms with Crippen molar-refractivity contribution in [1.82, 2.24) is 5.32 Å². The summed E-state index contributed by atoms with van der Waals surface area (Å²) in [4.78, 5) is 11.9. The molecule has 0 aliphatic carbocycles. The molecule has 0 saturated heterocycles. The Morgan fingerprint density at radius 2 is 1.71 bits per heavy atom. The van der Waals surface area contributed by atoms with Gasteiger partial charge in [-0.2, -0.15) is 0 Å². The summed E-state index contributed by atoms with van der Waals surface area (Å²) in [7, 11) is 0. The average molecular weight is 363 g/mol. The maximum absolute atomic E-state index is 11.9. The second kappa shape index (κ2) is 7.17. The Bertz CT molecular complexity index is 369. The zero-order valence-electron chi connectivity index (χ0n) is 10.1. The van der Waals surface area contributed by atoms with E-state index in [-0.39, 0.29) is 5.91 Å². The molecular formula is C13H17Br2NO. The lowest BCUT2D eigenvalue weighted by Gasteiger charge is -2.13. The molecular weight excluding hydrogens is 346 g/mol. The molecule has 0 atom stereocenters. The van der Waals surface area contributed by atoms with Crippen LogP contribution in [0, 0.1) is 5.92 Å². The molecule has 4 heteroatoms. The summed E-state index contributed by atoms with van der Waals surface area (Å²) >= 11 is 6.76. The molecule has 94 valence electrons. The van der Waals surface area contributed by atoms with Gasteiger partial charge in [0.05, 0.1) is 0 Å². The van der Waals surface area contributed by atoms with Crippen molar-refractivity contribution < 1.29 is 4.79 Å². The van der Waals surface area contributed by atoms with E-state index in [9.17, 15) is 4.79 Å². The fourth-order valence-electron chi connectivity index (χ4n) is 1.60. The Labute approximate surface area is 119 Å². The van der Waals surface area contributed by atoms with E-state index in [0.717, 1.165) is 28.3 Å². The summed E-state index contributed by atoms with van der Waals surface area (Å²) in [5.74, 6) is 0.549. The Morgan fingerprint density at radius 3 is 2.18 bits per heavy atom. The third-order valence-corrected chi connectivity index (χ3v) is 3.75. The van der Waals surface area contributed by atoms with Crippen molar-refractivity contribution in [1.29, 1.82) is 0 Å². The molecule has 0 unspecified atom stereocenters. The van der Waals surface area contributed by atoms with Crippen LogP contribution in [-0.4, -0.2) is 12.5 Å². The van der Waals surface area contributed by atoms with Crippen LogP contribution in [-0.2, 0) is 0 Å². The second-order valence-electron chi connectivity index (χ2n) is 4.05. The number of carbonyl (C=O) groups excluding carboxylic acids is 1. The summed E-state index contributed by atoms with van der Waals surface area (Å²) in [6, 6.07) is 5.57. The standard InChI is InChI=1S/C13H17Br2NO/c1-3-9(4-2)8-16-13(17)10-5-11(14)7-12(15)6-10/h5-7,9H,3-4,8H2,1-2H3,(H,16,17). The molecule has 1 amide bonds. The smallest absolute Gasteiger partial charge is 0.251 e. The molecule has 2 nitrogen and oxygen atoms in total. The zero-order chi connectivity index (χ0) is 12.8. The van der Waals surface area contributed by atoms with E-state index in [1.54, 1.807) is 0 Å². The number of benzene rings is 1. The largest absolute Gasteiger partial charge is 0.352 e. The van der Waals surface area contributed by atoms with Gasteiger partial charge in [-0.1, -0.05) is 58.5 Å². The fourth-order valence-corrected chi connectivity index (χ4v) is 2.90. The molecule has 1 aromatic carbocycles. The zero-order valence-corrected chi connectivity index (χ0v) is 13.3. The number of carbonyl (C=O) groups is 1. The van der Waals surface area contributed by atoms with Gasteiger partial charge in [0.2, 0.25) is 0 Å². The molecule has 0 aromatic heterocycles. The van der Waals surface area contributed by atoms with Gasteiger partial charge < -0.3 is 5.32 Å². The Hall–Kier alpha value is -0.350. The van der Waals surface area contributed by atoms with Gasteiger partial charge >= 0.3 is 0 Å². The van der Waals surface area contributed by atoms with Crippen molar-refractivity contribution in [2.24, 2.45) is 5.92 Å². The number of hydrogen-bond donors (Lipinski definition) is 1. The van der Waals surface area contributed by atoms with Crippen LogP contribution in [0.1, 0.15) is 37.0 Å². The first-order valence-electron chi connectivity index (χ1n) is 5.81. The summed E-state index contributed by atoms with van der Waals surface area (Å²) in [6.45, 7) is 5.04. The van der Waals surface area contributed by atoms with E-state index in [0.29, 0.717) is 11.5 Å². The highest BCUT2D eigenvalue weighted by molar-refractivity contribution is 9.11. The van der Waals surface area contributed by atoms with Crippen LogP contribution in [0.2, 0.25) is 0 Å². The van der Waals surface area contributed by atoms with E-state index >= 15 is 0 Å². The van der Waals surface area contributed by atoms with Crippen LogP contribution in [0.25, 0.3) is 0 Å². The molecule has 1 rings (SSSR count). The quantitative estimate of drug-likeness (QED) is 0.827. The monoisotopic (exact) mass is 361 g/mol. The molecule has 17 heavy (non-hydrogen) atoms. The topological polar surface area (TPSA) is 29.1 Å². The van der Waals surface area contributed by atoms with Gasteiger partial charge in [0.25, 0.3) is 5.91 Å². The summed E-state index contributed by atoms with van der Waals surface area (Å²) in [5, 5.41) is 2.97. The van der Waals surface area contributed by atoms with Crippen molar-refractivity contribution in [3.8, 4) is 0 Å². The van der Waals surface area contributed by atoms with Crippen LogP contribution in [0.15, 0.2) is 27.1 Å². The van der Waals surface area contributed by atoms with Crippen LogP contribution in [0.5, 0.6) is 0 Å². The molecule has 1 N–H and O–H groups in total. The summed E-state index contributed by atoms with van der Waals surface area (Å²) in [6.07, 6.45) is 2.19. The Kier molecular flexibility index (Phi) is 6.20. The Morgan fingerprint density at radius 1 is 1.18 bits per heavy atom. The molecule has 1 aromatic rings. The molecule has 0 aliphatic heterocycles. The summed E-state index contributed by atoms with van der Waals surface area (Å²) < 4.78 is 1.80. The fraction of sp³-hybridized carbons (Fsp3) is 0.462. The number of amides is 1. The number of nitrogens with one attached hydrogen (secondary N) is 1. The molecule has 0 spiro atoms. The van der Waals surface area contributed by atoms with Gasteiger partial charge in [-0.15, -0.1) is 0 Å². The van der Waals surface area contributed by atoms with Crippen molar-refractivity contribution >= 4 is 37.8 Å². The van der Waals surface area contributed by atoms with Crippen LogP contribution >= 0.6 is 31.9 Å². The minimum absolute atomic E-state index is 0.0149. The van der Waals surface area contributed by atoms with Crippen LogP contribution in [0.3, 0.4) is 0 Å². The number of rotatable bonds is 5. The maximum Gasteiger partial charge on any atom is 0.251 e. The molecule has 0 radical (unpaired) electrons. The maximum atomic E-state index is 11.9. The highest BCUT2D eigenvalue weighted by atomic mass is 79.9. The van der Waals surface area contributed by atoms with Crippen molar-refractivity contribution in [2.45, 2.75) is 26.7 Å². The van der Waals surface area contributed by atoms with Gasteiger partial charge in [-0.05, 0) is 24.1 Å². The second-order valence-corrected chi connectivity index (χ2v) is 5.88. The predicted octanol–water partition coefficient (Wildman–Crippen LogP) is 4.38. The van der Waals surface area contributed by atoms with Crippen LogP contribution in [0.4, 0.5) is 0 Å². The van der Waals surface area contributed by atoms with E-state index in [2.05, 4.69) is 51.0 Å². The van der Waals surface area contributed by atoms with Crippen molar-refractivity contribution in [3.63, 3.8) is 0 Å². The predicted molar refractivity (Wildman–Crippen MR) is 78.2 cm³/mol. The average Bonchev–Trinajstić information content (AvgIpc) is 2.28. The summed E-state index contributed by atoms with van der Waals surface area (Å²) in [5.41, 5.74) is 0.678. The molecule has 0 bridgehead atoms. The SMILES string of the molecule is CCC(CC)CNC(=O)c1cc(Br)cc(Br)c1. The van der Waals surface area contributed by atoms with Gasteiger partial charge in [0, 0.05) is 21.1 Å². The van der Waals surface area contributed by atoms with Crippen molar-refractivity contribution in [2.75, 3.05) is 6.54 Å². The first-order valence-corrected chi connectivity index (χ1v) is 7.39. The van der Waals surface area contributed by atoms with Crippen molar-refractivity contribution in [3.05, 3.63) is 32.7 Å². The Balaban J connectivity index is 2.63. The van der Waals surface area contributed by atoms with Gasteiger partial charge in [-0.25, -0.2) is 0 Å². The lowest BCUT2D eigenvalue weighted by molar-refractivity contribution is 0.0946. The van der Waals surface area contributed by atoms with E-state index in [1.807, 2.05) is 18.2 Å². The van der Waals surface area contributed by atoms with Gasteiger partial charge in [0.1, 0.15) is 0 Å². The highest BCUT2D eigenvalue weighted by Crippen LogP contribution is 2.20. The van der Waals surface area contributed by atoms with Gasteiger partial charge in [-0.3, -0.25) is 4.79 Å². The molecule has 0 saturated carbocycles. The number of hydrogen-bond acceptors (Lipinski definition) is 1. The van der Waals surface area contributed by atoms with E-state index < -0.39 is 0 Å². The lowest BCUT2D eigenvalue weighted by atomic mass is 10.0. The molecule has 0 heterocycles. The van der Waals surface area contributed by atoms with E-state index in [4.69, 9.17) is 0 Å². The first kappa shape index (κ1) is 14.7. The first-order chi connectivity index (χ1) is 8.06. The third-order valence-electron chi connectivity index (χ3n) is 2.83. The molecule has 0 aliphatic rings. The van der Waals surface area contributed by atoms with Gasteiger partial charge in [0.15, 0.2) is 0 Å². The van der Waals surface area contributed by atoms with E-state index in [1.165, 1.54) is 0 Å². The third kappa shape index (κ3) is 4.80. The lowest BCUT2D eigenvalue weighted by Crippen LogP contribution is -2.28. The highest BCUT2D eigenvalue weighted by Gasteiger charge is 2.09. The van der Waals surface area contributed by atoms with Crippen LogP contribution < -0.4 is 5.32 Å². The minimum atomic E-state index is -0.0149. The number of halogens is 2. The normalized spacial score (nSPS) is 10.6. The minimum Gasteiger partial charge on any atom is -0.352 e.